The van der Waals surface area contributed by atoms with Gasteiger partial charge in [-0.15, -0.1) is 0 Å². The first-order valence-electron chi connectivity index (χ1n) is 8.71. The number of halogens is 1. The number of benzene rings is 1. The van der Waals surface area contributed by atoms with Crippen LogP contribution in [0.1, 0.15) is 57.8 Å². The Morgan fingerprint density at radius 3 is 2.36 bits per heavy atom. The third-order valence-corrected chi connectivity index (χ3v) is 4.85. The summed E-state index contributed by atoms with van der Waals surface area (Å²) in [6.07, 6.45) is 6.65. The molecule has 1 aromatic heterocycles. The Morgan fingerprint density at radius 1 is 1.16 bits per heavy atom. The van der Waals surface area contributed by atoms with Crippen molar-refractivity contribution >= 4 is 11.6 Å². The zero-order valence-electron chi connectivity index (χ0n) is 15.0. The van der Waals surface area contributed by atoms with Crippen LogP contribution >= 0.6 is 0 Å². The highest BCUT2D eigenvalue weighted by Gasteiger charge is 2.43. The molecule has 1 fully saturated rings. The normalized spacial score (nSPS) is 16.6. The molecule has 4 nitrogen and oxygen atoms in total. The Bertz CT molecular complexity index is 759. The summed E-state index contributed by atoms with van der Waals surface area (Å²) in [7, 11) is 0. The number of anilines is 1. The van der Waals surface area contributed by atoms with Crippen LogP contribution in [0.3, 0.4) is 0 Å². The van der Waals surface area contributed by atoms with Crippen LogP contribution in [0.15, 0.2) is 36.7 Å². The number of amides is 1. The van der Waals surface area contributed by atoms with E-state index < -0.39 is 5.41 Å². The number of aromatic nitrogens is 2. The smallest absolute Gasteiger partial charge is 0.235 e. The van der Waals surface area contributed by atoms with E-state index in [1.807, 2.05) is 26.8 Å². The maximum absolute atomic E-state index is 13.7. The van der Waals surface area contributed by atoms with Gasteiger partial charge in [-0.2, -0.15) is 0 Å². The fraction of sp³-hybridized carbons (Fsp3) is 0.450. The zero-order chi connectivity index (χ0) is 18.1. The summed E-state index contributed by atoms with van der Waals surface area (Å²) in [6.45, 7) is 6.12. The van der Waals surface area contributed by atoms with Crippen molar-refractivity contribution in [2.75, 3.05) is 5.32 Å². The van der Waals surface area contributed by atoms with Gasteiger partial charge in [0.2, 0.25) is 5.91 Å². The molecule has 3 rings (SSSR count). The van der Waals surface area contributed by atoms with Crippen molar-refractivity contribution in [2.45, 2.75) is 57.3 Å². The lowest BCUT2D eigenvalue weighted by Gasteiger charge is -2.28. The monoisotopic (exact) mass is 341 g/mol. The SMILES string of the molecule is CC(C)(C)c1ncc(NC(=O)C2(c3cccc(F)c3)CCCC2)cn1. The van der Waals surface area contributed by atoms with Gasteiger partial charge in [0, 0.05) is 5.41 Å². The molecule has 0 bridgehead atoms. The zero-order valence-corrected chi connectivity index (χ0v) is 15.0. The quantitative estimate of drug-likeness (QED) is 0.902. The lowest BCUT2D eigenvalue weighted by Crippen LogP contribution is -2.38. The first kappa shape index (κ1) is 17.5. The maximum atomic E-state index is 13.7. The standard InChI is InChI=1S/C20H24FN3O/c1-19(2,3)17-22-12-16(13-23-17)24-18(25)20(9-4-5-10-20)14-7-6-8-15(21)11-14/h6-8,11-13H,4-5,9-10H2,1-3H3,(H,24,25). The van der Waals surface area contributed by atoms with Crippen LogP contribution in [0.2, 0.25) is 0 Å². The number of nitrogens with one attached hydrogen (secondary N) is 1. The van der Waals surface area contributed by atoms with Crippen LogP contribution in [0, 0.1) is 5.82 Å². The lowest BCUT2D eigenvalue weighted by molar-refractivity contribution is -0.121. The number of hydrogen-bond donors (Lipinski definition) is 1. The molecule has 5 heteroatoms. The molecule has 0 unspecified atom stereocenters. The molecular weight excluding hydrogens is 317 g/mol. The van der Waals surface area contributed by atoms with E-state index in [4.69, 9.17) is 0 Å². The van der Waals surface area contributed by atoms with Crippen molar-refractivity contribution in [3.05, 3.63) is 53.9 Å². The predicted octanol–water partition coefficient (Wildman–Crippen LogP) is 4.36. The van der Waals surface area contributed by atoms with Gasteiger partial charge in [0.05, 0.1) is 23.5 Å². The van der Waals surface area contributed by atoms with E-state index in [9.17, 15) is 9.18 Å². The van der Waals surface area contributed by atoms with Gasteiger partial charge in [-0.05, 0) is 30.5 Å². The second-order valence-electron chi connectivity index (χ2n) is 7.80. The van der Waals surface area contributed by atoms with E-state index >= 15 is 0 Å². The third kappa shape index (κ3) is 3.55. The molecule has 0 atom stereocenters. The largest absolute Gasteiger partial charge is 0.323 e. The highest BCUT2D eigenvalue weighted by molar-refractivity contribution is 5.99. The first-order valence-corrected chi connectivity index (χ1v) is 8.71. The van der Waals surface area contributed by atoms with Gasteiger partial charge in [0.1, 0.15) is 11.6 Å². The van der Waals surface area contributed by atoms with Crippen LogP contribution < -0.4 is 5.32 Å². The molecule has 1 N–H and O–H groups in total. The molecule has 1 aliphatic carbocycles. The highest BCUT2D eigenvalue weighted by Crippen LogP contribution is 2.42. The highest BCUT2D eigenvalue weighted by atomic mass is 19.1. The van der Waals surface area contributed by atoms with E-state index in [1.165, 1.54) is 12.1 Å². The average molecular weight is 341 g/mol. The average Bonchev–Trinajstić information content (AvgIpc) is 3.05. The van der Waals surface area contributed by atoms with E-state index in [0.717, 1.165) is 37.1 Å². The molecule has 1 aromatic carbocycles. The predicted molar refractivity (Wildman–Crippen MR) is 95.9 cm³/mol. The van der Waals surface area contributed by atoms with Crippen molar-refractivity contribution in [3.8, 4) is 0 Å². The van der Waals surface area contributed by atoms with Crippen LogP contribution in [0.25, 0.3) is 0 Å². The van der Waals surface area contributed by atoms with E-state index in [-0.39, 0.29) is 17.1 Å². The van der Waals surface area contributed by atoms with Crippen molar-refractivity contribution in [3.63, 3.8) is 0 Å². The maximum Gasteiger partial charge on any atom is 0.235 e. The molecule has 0 saturated heterocycles. The molecule has 0 spiro atoms. The van der Waals surface area contributed by atoms with Crippen molar-refractivity contribution in [1.29, 1.82) is 0 Å². The van der Waals surface area contributed by atoms with Gasteiger partial charge in [-0.3, -0.25) is 4.79 Å². The Hall–Kier alpha value is -2.30. The summed E-state index contributed by atoms with van der Waals surface area (Å²) in [5, 5.41) is 2.93. The van der Waals surface area contributed by atoms with Crippen LogP contribution in [-0.2, 0) is 15.6 Å². The Kier molecular flexibility index (Phi) is 4.58. The Labute approximate surface area is 147 Å². The van der Waals surface area contributed by atoms with E-state index in [1.54, 1.807) is 18.5 Å². The van der Waals surface area contributed by atoms with Crippen molar-refractivity contribution in [1.82, 2.24) is 9.97 Å². The van der Waals surface area contributed by atoms with Crippen LogP contribution in [0.4, 0.5) is 10.1 Å². The first-order chi connectivity index (χ1) is 11.8. The second kappa shape index (κ2) is 6.54. The number of carbonyl (C=O) groups is 1. The van der Waals surface area contributed by atoms with Gasteiger partial charge in [-0.1, -0.05) is 45.7 Å². The molecular formula is C20H24FN3O. The molecule has 1 saturated carbocycles. The molecule has 2 aromatic rings. The fourth-order valence-electron chi connectivity index (χ4n) is 3.44. The molecule has 132 valence electrons. The summed E-state index contributed by atoms with van der Waals surface area (Å²) in [5.74, 6) is 0.309. The van der Waals surface area contributed by atoms with Crippen molar-refractivity contribution in [2.24, 2.45) is 0 Å². The van der Waals surface area contributed by atoms with Gasteiger partial charge in [0.25, 0.3) is 0 Å². The number of nitrogens with zero attached hydrogens (tertiary/aromatic N) is 2. The molecule has 0 aliphatic heterocycles. The van der Waals surface area contributed by atoms with Crippen LogP contribution in [0.5, 0.6) is 0 Å². The number of hydrogen-bond acceptors (Lipinski definition) is 3. The van der Waals surface area contributed by atoms with Crippen LogP contribution in [-0.4, -0.2) is 15.9 Å². The third-order valence-electron chi connectivity index (χ3n) is 4.85. The molecule has 1 aliphatic rings. The summed E-state index contributed by atoms with van der Waals surface area (Å²) < 4.78 is 13.7. The molecule has 25 heavy (non-hydrogen) atoms. The minimum absolute atomic E-state index is 0.109. The summed E-state index contributed by atoms with van der Waals surface area (Å²) >= 11 is 0. The minimum Gasteiger partial charge on any atom is -0.323 e. The Morgan fingerprint density at radius 2 is 1.80 bits per heavy atom. The molecule has 1 amide bonds. The fourth-order valence-corrected chi connectivity index (χ4v) is 3.44. The molecule has 0 radical (unpaired) electrons. The van der Waals surface area contributed by atoms with E-state index in [0.29, 0.717) is 5.69 Å². The molecule has 1 heterocycles. The number of rotatable bonds is 3. The summed E-state index contributed by atoms with van der Waals surface area (Å²) in [6, 6.07) is 6.39. The van der Waals surface area contributed by atoms with Gasteiger partial charge in [0.15, 0.2) is 0 Å². The minimum atomic E-state index is -0.676. The van der Waals surface area contributed by atoms with Gasteiger partial charge >= 0.3 is 0 Å². The van der Waals surface area contributed by atoms with Crippen molar-refractivity contribution < 1.29 is 9.18 Å². The second-order valence-corrected chi connectivity index (χ2v) is 7.80. The number of carbonyl (C=O) groups excluding carboxylic acids is 1. The van der Waals surface area contributed by atoms with Gasteiger partial charge in [-0.25, -0.2) is 14.4 Å². The summed E-state index contributed by atoms with van der Waals surface area (Å²) in [4.78, 5) is 21.7. The Balaban J connectivity index is 1.85. The lowest BCUT2D eigenvalue weighted by atomic mass is 9.78. The topological polar surface area (TPSA) is 54.9 Å². The van der Waals surface area contributed by atoms with E-state index in [2.05, 4.69) is 15.3 Å². The van der Waals surface area contributed by atoms with Gasteiger partial charge < -0.3 is 5.32 Å². The summed E-state index contributed by atoms with van der Waals surface area (Å²) in [5.41, 5.74) is 0.497.